The number of hydrogen-bond acceptors (Lipinski definition) is 5. The second-order valence-corrected chi connectivity index (χ2v) is 8.30. The summed E-state index contributed by atoms with van der Waals surface area (Å²) in [5.41, 5.74) is -0.389. The van der Waals surface area contributed by atoms with Crippen LogP contribution in [0.2, 0.25) is 10.0 Å². The molecule has 0 saturated carbocycles. The average Bonchev–Trinajstić information content (AvgIpc) is 2.73. The number of aromatic nitrogens is 2. The Labute approximate surface area is 207 Å². The second-order valence-electron chi connectivity index (χ2n) is 6.48. The topological polar surface area (TPSA) is 53.5 Å². The van der Waals surface area contributed by atoms with Crippen molar-refractivity contribution in [2.75, 3.05) is 19.8 Å². The Kier molecular flexibility index (Phi) is 8.75. The Balaban J connectivity index is 1.52. The van der Waals surface area contributed by atoms with Crippen molar-refractivity contribution in [3.8, 4) is 17.4 Å². The lowest BCUT2D eigenvalue weighted by molar-refractivity contribution is -0.137. The van der Waals surface area contributed by atoms with Crippen molar-refractivity contribution in [3.05, 3.63) is 62.7 Å². The minimum absolute atomic E-state index is 0.0788. The van der Waals surface area contributed by atoms with E-state index < -0.39 is 11.7 Å². The largest absolute Gasteiger partial charge is 0.490 e. The molecule has 3 rings (SSSR count). The lowest BCUT2D eigenvalue weighted by atomic mass is 10.2. The van der Waals surface area contributed by atoms with E-state index in [4.69, 9.17) is 60.6 Å². The van der Waals surface area contributed by atoms with Gasteiger partial charge in [-0.25, -0.2) is 9.97 Å². The molecule has 0 fully saturated rings. The number of rotatable bonds is 9. The minimum atomic E-state index is -4.47. The molecule has 0 amide bonds. The van der Waals surface area contributed by atoms with Gasteiger partial charge in [0.2, 0.25) is 5.88 Å². The molecule has 0 bridgehead atoms. The number of halogens is 7. The van der Waals surface area contributed by atoms with Gasteiger partial charge >= 0.3 is 6.18 Å². The maximum atomic E-state index is 12.9. The molecular weight excluding hydrogens is 527 g/mol. The average molecular weight is 542 g/mol. The zero-order chi connectivity index (χ0) is 24.0. The molecule has 0 aliphatic heterocycles. The van der Waals surface area contributed by atoms with E-state index in [1.54, 1.807) is 0 Å². The molecule has 176 valence electrons. The Morgan fingerprint density at radius 1 is 0.939 bits per heavy atom. The van der Waals surface area contributed by atoms with Crippen LogP contribution in [0, 0.1) is 0 Å². The van der Waals surface area contributed by atoms with E-state index in [0.717, 1.165) is 12.1 Å². The summed E-state index contributed by atoms with van der Waals surface area (Å²) in [7, 11) is 0. The summed E-state index contributed by atoms with van der Waals surface area (Å²) in [6, 6.07) is 6.22. The number of ether oxygens (including phenoxy) is 3. The van der Waals surface area contributed by atoms with Gasteiger partial charge in [0.05, 0.1) is 46.1 Å². The molecule has 2 aromatic carbocycles. The first-order valence-electron chi connectivity index (χ1n) is 9.36. The number of nitrogens with zero attached hydrogens (tertiary/aromatic N) is 2. The Morgan fingerprint density at radius 3 is 2.30 bits per heavy atom. The molecule has 0 atom stereocenters. The van der Waals surface area contributed by atoms with Gasteiger partial charge in [0, 0.05) is 18.6 Å². The number of hydrogen-bond donors (Lipinski definition) is 0. The molecule has 0 saturated heterocycles. The van der Waals surface area contributed by atoms with Gasteiger partial charge in [-0.2, -0.15) is 13.2 Å². The van der Waals surface area contributed by atoms with Crippen LogP contribution in [0.1, 0.15) is 12.0 Å². The number of alkyl halides is 3. The summed E-state index contributed by atoms with van der Waals surface area (Å²) in [6.45, 7) is 0.534. The van der Waals surface area contributed by atoms with Crippen LogP contribution < -0.4 is 14.2 Å². The van der Waals surface area contributed by atoms with E-state index >= 15 is 0 Å². The SMILES string of the molecule is FC(F)(F)c1ccc2ncc(OCCCOc3c(Cl)cc(OCC=C(Cl)Cl)cc3Cl)nc2c1. The maximum Gasteiger partial charge on any atom is 0.416 e. The first-order valence-corrected chi connectivity index (χ1v) is 10.9. The van der Waals surface area contributed by atoms with Crippen molar-refractivity contribution in [1.29, 1.82) is 0 Å². The van der Waals surface area contributed by atoms with Crippen molar-refractivity contribution in [1.82, 2.24) is 9.97 Å². The lowest BCUT2D eigenvalue weighted by Gasteiger charge is -2.12. The van der Waals surface area contributed by atoms with Crippen molar-refractivity contribution >= 4 is 57.4 Å². The highest BCUT2D eigenvalue weighted by molar-refractivity contribution is 6.55. The number of fused-ring (bicyclic) bond motifs is 1. The van der Waals surface area contributed by atoms with Crippen molar-refractivity contribution in [2.45, 2.75) is 12.6 Å². The van der Waals surface area contributed by atoms with Gasteiger partial charge in [0.1, 0.15) is 16.8 Å². The Bertz CT molecular complexity index is 1130. The third-order valence-corrected chi connectivity index (χ3v) is 4.96. The Morgan fingerprint density at radius 2 is 1.64 bits per heavy atom. The van der Waals surface area contributed by atoms with Crippen LogP contribution >= 0.6 is 46.4 Å². The first kappa shape index (κ1) is 25.5. The molecule has 0 unspecified atom stereocenters. The van der Waals surface area contributed by atoms with E-state index in [9.17, 15) is 13.2 Å². The highest BCUT2D eigenvalue weighted by atomic mass is 35.5. The summed E-state index contributed by atoms with van der Waals surface area (Å²) in [4.78, 5) is 8.14. The Hall–Kier alpha value is -2.13. The predicted octanol–water partition coefficient (Wildman–Crippen LogP) is 7.50. The van der Waals surface area contributed by atoms with Crippen molar-refractivity contribution < 1.29 is 27.4 Å². The summed E-state index contributed by atoms with van der Waals surface area (Å²) in [5.74, 6) is 0.794. The fourth-order valence-corrected chi connectivity index (χ4v) is 3.31. The van der Waals surface area contributed by atoms with Gasteiger partial charge < -0.3 is 14.2 Å². The van der Waals surface area contributed by atoms with Crippen LogP contribution in [0.15, 0.2) is 47.1 Å². The summed E-state index contributed by atoms with van der Waals surface area (Å²) < 4.78 is 55.2. The van der Waals surface area contributed by atoms with Gasteiger partial charge in [-0.1, -0.05) is 46.4 Å². The van der Waals surface area contributed by atoms with Crippen LogP contribution in [-0.4, -0.2) is 29.8 Å². The molecule has 0 aliphatic rings. The van der Waals surface area contributed by atoms with E-state index in [0.29, 0.717) is 17.7 Å². The maximum absolute atomic E-state index is 12.9. The molecule has 0 radical (unpaired) electrons. The van der Waals surface area contributed by atoms with Gasteiger partial charge in [-0.15, -0.1) is 0 Å². The standard InChI is InChI=1S/C21H15Cl4F3N2O3/c22-14-9-13(31-7-4-18(24)25)10-15(23)20(14)33-6-1-5-32-19-11-29-16-3-2-12(21(26,27)28)8-17(16)30-19/h2-4,8-11H,1,5-7H2. The van der Waals surface area contributed by atoms with E-state index in [1.807, 2.05) is 0 Å². The molecule has 0 spiro atoms. The summed E-state index contributed by atoms with van der Waals surface area (Å²) in [5, 5.41) is 0.500. The van der Waals surface area contributed by atoms with Crippen LogP contribution in [0.25, 0.3) is 11.0 Å². The van der Waals surface area contributed by atoms with E-state index in [1.165, 1.54) is 30.5 Å². The quantitative estimate of drug-likeness (QED) is 0.262. The predicted molar refractivity (Wildman–Crippen MR) is 122 cm³/mol. The molecule has 1 aromatic heterocycles. The van der Waals surface area contributed by atoms with Crippen molar-refractivity contribution in [3.63, 3.8) is 0 Å². The van der Waals surface area contributed by atoms with Gasteiger partial charge in [-0.3, -0.25) is 0 Å². The summed E-state index contributed by atoms with van der Waals surface area (Å²) in [6.07, 6.45) is -1.24. The third-order valence-electron chi connectivity index (χ3n) is 4.09. The van der Waals surface area contributed by atoms with Crippen LogP contribution in [0.3, 0.4) is 0 Å². The highest BCUT2D eigenvalue weighted by Crippen LogP contribution is 2.37. The molecule has 0 aliphatic carbocycles. The fourth-order valence-electron chi connectivity index (χ4n) is 2.61. The zero-order valence-electron chi connectivity index (χ0n) is 16.6. The monoisotopic (exact) mass is 540 g/mol. The lowest BCUT2D eigenvalue weighted by Crippen LogP contribution is -2.07. The minimum Gasteiger partial charge on any atom is -0.490 e. The summed E-state index contributed by atoms with van der Waals surface area (Å²) >= 11 is 23.4. The molecule has 1 heterocycles. The highest BCUT2D eigenvalue weighted by Gasteiger charge is 2.30. The van der Waals surface area contributed by atoms with Crippen LogP contribution in [0.4, 0.5) is 13.2 Å². The smallest absolute Gasteiger partial charge is 0.416 e. The normalized spacial score (nSPS) is 11.4. The van der Waals surface area contributed by atoms with Gasteiger partial charge in [-0.05, 0) is 24.3 Å². The fraction of sp³-hybridized carbons (Fsp3) is 0.238. The van der Waals surface area contributed by atoms with E-state index in [2.05, 4.69) is 9.97 Å². The second kappa shape index (κ2) is 11.3. The molecule has 3 aromatic rings. The molecule has 33 heavy (non-hydrogen) atoms. The van der Waals surface area contributed by atoms with Gasteiger partial charge in [0.15, 0.2) is 5.75 Å². The molecule has 0 N–H and O–H groups in total. The molecule has 12 heteroatoms. The van der Waals surface area contributed by atoms with Crippen molar-refractivity contribution in [2.24, 2.45) is 0 Å². The molecule has 5 nitrogen and oxygen atoms in total. The zero-order valence-corrected chi connectivity index (χ0v) is 19.7. The van der Waals surface area contributed by atoms with Crippen LogP contribution in [-0.2, 0) is 6.18 Å². The van der Waals surface area contributed by atoms with Crippen LogP contribution in [0.5, 0.6) is 17.4 Å². The molecular formula is C21H15Cl4F3N2O3. The third kappa shape index (κ3) is 7.43. The van der Waals surface area contributed by atoms with E-state index in [-0.39, 0.29) is 51.5 Å². The number of benzene rings is 2. The van der Waals surface area contributed by atoms with Gasteiger partial charge in [0.25, 0.3) is 0 Å². The first-order chi connectivity index (χ1) is 15.6.